The highest BCUT2D eigenvalue weighted by Gasteiger charge is 2.48. The van der Waals surface area contributed by atoms with E-state index in [4.69, 9.17) is 9.47 Å². The number of fused-ring (bicyclic) bond motifs is 2. The summed E-state index contributed by atoms with van der Waals surface area (Å²) in [5.74, 6) is -0.755. The van der Waals surface area contributed by atoms with Crippen LogP contribution in [0.1, 0.15) is 22.7 Å². The number of aliphatic hydroxyl groups is 1. The molecule has 1 fully saturated rings. The lowest BCUT2D eigenvalue weighted by molar-refractivity contribution is -0.132. The number of hydrogen-bond acceptors (Lipinski definition) is 7. The fraction of sp³-hybridized carbons (Fsp3) is 0.148. The maximum atomic E-state index is 13.4. The number of ether oxygens (including phenoxy) is 2. The topological polar surface area (TPSA) is 89.0 Å². The van der Waals surface area contributed by atoms with Crippen molar-refractivity contribution >= 4 is 60.1 Å². The van der Waals surface area contributed by atoms with Gasteiger partial charge >= 0.3 is 5.91 Å². The van der Waals surface area contributed by atoms with Crippen LogP contribution in [0.15, 0.2) is 70.7 Å². The zero-order chi connectivity index (χ0) is 25.0. The highest BCUT2D eigenvalue weighted by molar-refractivity contribution is 9.10. The van der Waals surface area contributed by atoms with Crippen molar-refractivity contribution in [2.75, 3.05) is 18.1 Å². The average molecular weight is 563 g/mol. The van der Waals surface area contributed by atoms with Crippen LogP contribution in [0.25, 0.3) is 16.0 Å². The SMILES string of the molecule is Cc1ccc2nc(N3C(=O)C(=O)/C(=C(/O)c4ccc5c(c4)OCCO5)[C@@H]3c3ccc(Br)cc3)sc2c1. The van der Waals surface area contributed by atoms with E-state index in [2.05, 4.69) is 20.9 Å². The molecule has 180 valence electrons. The number of aryl methyl sites for hydroxylation is 1. The largest absolute Gasteiger partial charge is 0.507 e. The number of hydrogen-bond donors (Lipinski definition) is 1. The van der Waals surface area contributed by atoms with E-state index < -0.39 is 17.7 Å². The van der Waals surface area contributed by atoms with Gasteiger partial charge in [-0.15, -0.1) is 0 Å². The minimum atomic E-state index is -0.854. The first-order chi connectivity index (χ1) is 17.4. The Morgan fingerprint density at radius 3 is 2.56 bits per heavy atom. The highest BCUT2D eigenvalue weighted by atomic mass is 79.9. The molecule has 1 N–H and O–H groups in total. The summed E-state index contributed by atoms with van der Waals surface area (Å²) in [6, 6.07) is 17.3. The van der Waals surface area contributed by atoms with Crippen molar-refractivity contribution in [1.82, 2.24) is 4.98 Å². The zero-order valence-corrected chi connectivity index (χ0v) is 21.4. The summed E-state index contributed by atoms with van der Waals surface area (Å²) in [5.41, 5.74) is 2.84. The Hall–Kier alpha value is -3.69. The van der Waals surface area contributed by atoms with Gasteiger partial charge in [-0.2, -0.15) is 0 Å². The van der Waals surface area contributed by atoms with Crippen molar-refractivity contribution in [3.05, 3.63) is 87.4 Å². The van der Waals surface area contributed by atoms with Gasteiger partial charge in [0, 0.05) is 10.0 Å². The van der Waals surface area contributed by atoms with Crippen LogP contribution in [-0.2, 0) is 9.59 Å². The van der Waals surface area contributed by atoms with Crippen LogP contribution < -0.4 is 14.4 Å². The molecule has 0 unspecified atom stereocenters. The molecule has 3 aromatic carbocycles. The van der Waals surface area contributed by atoms with Crippen molar-refractivity contribution in [2.45, 2.75) is 13.0 Å². The molecule has 36 heavy (non-hydrogen) atoms. The summed E-state index contributed by atoms with van der Waals surface area (Å²) >= 11 is 4.77. The molecule has 9 heteroatoms. The number of aromatic nitrogens is 1. The minimum absolute atomic E-state index is 0.00515. The second-order valence-electron chi connectivity index (χ2n) is 8.55. The van der Waals surface area contributed by atoms with Gasteiger partial charge < -0.3 is 14.6 Å². The van der Waals surface area contributed by atoms with E-state index in [1.54, 1.807) is 18.2 Å². The van der Waals surface area contributed by atoms with Gasteiger partial charge in [0.25, 0.3) is 5.78 Å². The fourth-order valence-corrected chi connectivity index (χ4v) is 5.81. The molecule has 0 aliphatic carbocycles. The smallest absolute Gasteiger partial charge is 0.301 e. The van der Waals surface area contributed by atoms with Crippen LogP contribution in [0, 0.1) is 6.92 Å². The lowest BCUT2D eigenvalue weighted by Crippen LogP contribution is -2.29. The van der Waals surface area contributed by atoms with Gasteiger partial charge in [-0.25, -0.2) is 4.98 Å². The Labute approximate surface area is 218 Å². The number of nitrogens with zero attached hydrogens (tertiary/aromatic N) is 2. The number of anilines is 1. The van der Waals surface area contributed by atoms with Gasteiger partial charge in [0.05, 0.1) is 21.8 Å². The van der Waals surface area contributed by atoms with Crippen LogP contribution in [0.3, 0.4) is 0 Å². The maximum Gasteiger partial charge on any atom is 0.301 e. The number of aliphatic hydroxyl groups excluding tert-OH is 1. The van der Waals surface area contributed by atoms with Crippen molar-refractivity contribution in [3.63, 3.8) is 0 Å². The van der Waals surface area contributed by atoms with E-state index in [1.807, 2.05) is 49.4 Å². The molecule has 4 aromatic rings. The number of benzene rings is 3. The molecule has 1 amide bonds. The third-order valence-corrected chi connectivity index (χ3v) is 7.73. The normalized spacial score (nSPS) is 18.7. The number of carbonyl (C=O) groups excluding carboxylic acids is 2. The Morgan fingerprint density at radius 2 is 1.78 bits per heavy atom. The predicted molar refractivity (Wildman–Crippen MR) is 141 cm³/mol. The first kappa shape index (κ1) is 22.8. The molecule has 1 atom stereocenters. The predicted octanol–water partition coefficient (Wildman–Crippen LogP) is 5.76. The molecular weight excluding hydrogens is 544 g/mol. The van der Waals surface area contributed by atoms with E-state index in [1.165, 1.54) is 16.2 Å². The summed E-state index contributed by atoms with van der Waals surface area (Å²) in [6.45, 7) is 2.81. The first-order valence-electron chi connectivity index (χ1n) is 11.2. The molecule has 0 bridgehead atoms. The van der Waals surface area contributed by atoms with Crippen LogP contribution in [-0.4, -0.2) is 35.0 Å². The van der Waals surface area contributed by atoms with Crippen molar-refractivity contribution < 1.29 is 24.2 Å². The summed E-state index contributed by atoms with van der Waals surface area (Å²) < 4.78 is 13.0. The van der Waals surface area contributed by atoms with E-state index in [0.29, 0.717) is 41.0 Å². The Balaban J connectivity index is 1.54. The molecule has 0 radical (unpaired) electrons. The minimum Gasteiger partial charge on any atom is -0.507 e. The molecule has 2 aliphatic heterocycles. The molecule has 3 heterocycles. The number of Topliss-reactive ketones (excluding diaryl/α,β-unsaturated/α-hetero) is 1. The van der Waals surface area contributed by atoms with Crippen LogP contribution in [0.5, 0.6) is 11.5 Å². The summed E-state index contributed by atoms with van der Waals surface area (Å²) in [5, 5.41) is 11.8. The summed E-state index contributed by atoms with van der Waals surface area (Å²) in [7, 11) is 0. The monoisotopic (exact) mass is 562 g/mol. The van der Waals surface area contributed by atoms with E-state index in [0.717, 1.165) is 20.3 Å². The van der Waals surface area contributed by atoms with Gasteiger partial charge in [0.2, 0.25) is 0 Å². The Kier molecular flexibility index (Phi) is 5.54. The lowest BCUT2D eigenvalue weighted by Gasteiger charge is -2.23. The van der Waals surface area contributed by atoms with Gasteiger partial charge in [0.15, 0.2) is 16.6 Å². The van der Waals surface area contributed by atoms with Crippen molar-refractivity contribution in [2.24, 2.45) is 0 Å². The van der Waals surface area contributed by atoms with E-state index in [-0.39, 0.29) is 11.3 Å². The molecule has 7 nitrogen and oxygen atoms in total. The number of rotatable bonds is 3. The lowest BCUT2D eigenvalue weighted by atomic mass is 9.95. The average Bonchev–Trinajstić information content (AvgIpc) is 3.41. The standard InChI is InChI=1S/C27H19BrN2O5S/c1-14-2-8-18-21(12-14)36-27(29-18)30-23(15-3-6-17(28)7-4-15)22(25(32)26(30)33)24(31)16-5-9-19-20(13-16)35-11-10-34-19/h2-9,12-13,23,31H,10-11H2,1H3/b24-22+/t23-/m0/s1. The van der Waals surface area contributed by atoms with Crippen LogP contribution >= 0.6 is 27.3 Å². The Morgan fingerprint density at radius 1 is 1.03 bits per heavy atom. The number of amides is 1. The molecule has 1 saturated heterocycles. The molecule has 0 spiro atoms. The maximum absolute atomic E-state index is 13.4. The third kappa shape index (κ3) is 3.75. The number of halogens is 1. The number of ketones is 1. The molecule has 2 aliphatic rings. The quantitative estimate of drug-likeness (QED) is 0.194. The Bertz CT molecular complexity index is 1580. The van der Waals surface area contributed by atoms with Gasteiger partial charge in [-0.05, 0) is 60.5 Å². The molecule has 0 saturated carbocycles. The number of thiazole rings is 1. The van der Waals surface area contributed by atoms with Crippen molar-refractivity contribution in [3.8, 4) is 11.5 Å². The molecule has 6 rings (SSSR count). The number of carbonyl (C=O) groups is 2. The summed E-state index contributed by atoms with van der Waals surface area (Å²) in [6.07, 6.45) is 0. The third-order valence-electron chi connectivity index (χ3n) is 6.18. The van der Waals surface area contributed by atoms with Crippen LogP contribution in [0.2, 0.25) is 0 Å². The summed E-state index contributed by atoms with van der Waals surface area (Å²) in [4.78, 5) is 32.9. The van der Waals surface area contributed by atoms with E-state index in [9.17, 15) is 14.7 Å². The fourth-order valence-electron chi connectivity index (χ4n) is 4.46. The van der Waals surface area contributed by atoms with Gasteiger partial charge in [0.1, 0.15) is 19.0 Å². The first-order valence-corrected chi connectivity index (χ1v) is 12.9. The molecular formula is C27H19BrN2O5S. The molecule has 1 aromatic heterocycles. The highest BCUT2D eigenvalue weighted by Crippen LogP contribution is 2.45. The second-order valence-corrected chi connectivity index (χ2v) is 10.5. The van der Waals surface area contributed by atoms with Crippen molar-refractivity contribution in [1.29, 1.82) is 0 Å². The van der Waals surface area contributed by atoms with Crippen LogP contribution in [0.4, 0.5) is 5.13 Å². The second kappa shape index (κ2) is 8.76. The zero-order valence-electron chi connectivity index (χ0n) is 19.0. The van der Waals surface area contributed by atoms with Gasteiger partial charge in [-0.1, -0.05) is 45.5 Å². The van der Waals surface area contributed by atoms with E-state index >= 15 is 0 Å². The van der Waals surface area contributed by atoms with Gasteiger partial charge in [-0.3, -0.25) is 14.5 Å².